The maximum Gasteiger partial charge on any atom is 0.337 e. The first-order valence-corrected chi connectivity index (χ1v) is 7.89. The molecule has 0 radical (unpaired) electrons. The van der Waals surface area contributed by atoms with Crippen LogP contribution in [0.1, 0.15) is 41.0 Å². The molecule has 0 saturated heterocycles. The second-order valence-electron chi connectivity index (χ2n) is 5.32. The highest BCUT2D eigenvalue weighted by Gasteiger charge is 2.12. The van der Waals surface area contributed by atoms with E-state index in [1.54, 1.807) is 30.3 Å². The van der Waals surface area contributed by atoms with E-state index in [0.717, 1.165) is 6.42 Å². The van der Waals surface area contributed by atoms with Crippen LogP contribution in [0.2, 0.25) is 5.02 Å². The van der Waals surface area contributed by atoms with Crippen molar-refractivity contribution in [2.75, 3.05) is 5.32 Å². The van der Waals surface area contributed by atoms with Gasteiger partial charge < -0.3 is 15.2 Å². The van der Waals surface area contributed by atoms with Crippen molar-refractivity contribution in [3.05, 3.63) is 58.6 Å². The molecule has 0 aliphatic rings. The van der Waals surface area contributed by atoms with Crippen molar-refractivity contribution in [2.24, 2.45) is 0 Å². The molecule has 0 aromatic heterocycles. The van der Waals surface area contributed by atoms with Crippen LogP contribution < -0.4 is 10.1 Å². The highest BCUT2D eigenvalue weighted by molar-refractivity contribution is 6.33. The fraction of sp³-hybridized carbons (Fsp3) is 0.222. The molecule has 126 valence electrons. The number of carbonyl (C=O) groups is 2. The molecular formula is C18H18ClNO4. The number of hydrogen-bond acceptors (Lipinski definition) is 3. The van der Waals surface area contributed by atoms with Gasteiger partial charge in [-0.2, -0.15) is 0 Å². The molecule has 0 spiro atoms. The van der Waals surface area contributed by atoms with Gasteiger partial charge in [0, 0.05) is 11.3 Å². The van der Waals surface area contributed by atoms with Gasteiger partial charge in [-0.1, -0.05) is 24.6 Å². The zero-order valence-corrected chi connectivity index (χ0v) is 14.1. The lowest BCUT2D eigenvalue weighted by Gasteiger charge is -2.13. The number of carboxylic acids is 1. The first-order chi connectivity index (χ1) is 11.4. The zero-order valence-electron chi connectivity index (χ0n) is 13.4. The standard InChI is InChI=1S/C18H18ClNO4/c1-3-11(2)24-14-6-4-5-12(9-14)17(21)20-13-7-8-16(19)15(10-13)18(22)23/h4-11H,3H2,1-2H3,(H,20,21)(H,22,23)/t11-/m1/s1. The van der Waals surface area contributed by atoms with Gasteiger partial charge in [-0.15, -0.1) is 0 Å². The molecule has 0 bridgehead atoms. The molecule has 2 rings (SSSR count). The number of carboxylic acid groups (broad SMARTS) is 1. The number of benzene rings is 2. The van der Waals surface area contributed by atoms with E-state index >= 15 is 0 Å². The summed E-state index contributed by atoms with van der Waals surface area (Å²) in [5.74, 6) is -0.900. The van der Waals surface area contributed by atoms with Gasteiger partial charge in [0.25, 0.3) is 5.91 Å². The lowest BCUT2D eigenvalue weighted by Crippen LogP contribution is -2.14. The number of nitrogens with one attached hydrogen (secondary N) is 1. The van der Waals surface area contributed by atoms with Gasteiger partial charge in [0.05, 0.1) is 16.7 Å². The highest BCUT2D eigenvalue weighted by Crippen LogP contribution is 2.22. The van der Waals surface area contributed by atoms with Crippen LogP contribution in [0.15, 0.2) is 42.5 Å². The number of halogens is 1. The molecule has 0 aliphatic carbocycles. The Labute approximate surface area is 145 Å². The number of hydrogen-bond donors (Lipinski definition) is 2. The number of carbonyl (C=O) groups excluding carboxylic acids is 1. The van der Waals surface area contributed by atoms with E-state index in [4.69, 9.17) is 21.4 Å². The predicted octanol–water partition coefficient (Wildman–Crippen LogP) is 4.47. The van der Waals surface area contributed by atoms with Gasteiger partial charge in [0.1, 0.15) is 5.75 Å². The second kappa shape index (κ2) is 7.84. The monoisotopic (exact) mass is 347 g/mol. The van der Waals surface area contributed by atoms with E-state index in [9.17, 15) is 9.59 Å². The molecule has 0 heterocycles. The molecule has 5 nitrogen and oxygen atoms in total. The molecule has 1 atom stereocenters. The summed E-state index contributed by atoms with van der Waals surface area (Å²) in [6, 6.07) is 11.1. The highest BCUT2D eigenvalue weighted by atomic mass is 35.5. The summed E-state index contributed by atoms with van der Waals surface area (Å²) in [6.45, 7) is 3.97. The van der Waals surface area contributed by atoms with Gasteiger partial charge >= 0.3 is 5.97 Å². The maximum atomic E-state index is 12.3. The maximum absolute atomic E-state index is 12.3. The number of ether oxygens (including phenoxy) is 1. The molecule has 1 amide bonds. The molecule has 0 fully saturated rings. The van der Waals surface area contributed by atoms with Crippen molar-refractivity contribution < 1.29 is 19.4 Å². The molecule has 6 heteroatoms. The fourth-order valence-corrected chi connectivity index (χ4v) is 2.19. The van der Waals surface area contributed by atoms with Crippen LogP contribution in [0.3, 0.4) is 0 Å². The predicted molar refractivity (Wildman–Crippen MR) is 93.2 cm³/mol. The number of anilines is 1. The summed E-state index contributed by atoms with van der Waals surface area (Å²) < 4.78 is 5.70. The van der Waals surface area contributed by atoms with Crippen LogP contribution in [0.5, 0.6) is 5.75 Å². The molecule has 2 aromatic carbocycles. The summed E-state index contributed by atoms with van der Waals surface area (Å²) in [7, 11) is 0. The largest absolute Gasteiger partial charge is 0.491 e. The van der Waals surface area contributed by atoms with Crippen molar-refractivity contribution in [1.82, 2.24) is 0 Å². The fourth-order valence-electron chi connectivity index (χ4n) is 2.00. The van der Waals surface area contributed by atoms with Crippen molar-refractivity contribution in [3.63, 3.8) is 0 Å². The minimum Gasteiger partial charge on any atom is -0.491 e. The average molecular weight is 348 g/mol. The lowest BCUT2D eigenvalue weighted by molar-refractivity contribution is 0.0696. The Bertz CT molecular complexity index is 760. The van der Waals surface area contributed by atoms with E-state index < -0.39 is 5.97 Å². The van der Waals surface area contributed by atoms with Crippen molar-refractivity contribution in [1.29, 1.82) is 0 Å². The van der Waals surface area contributed by atoms with Crippen molar-refractivity contribution in [3.8, 4) is 5.75 Å². The summed E-state index contributed by atoms with van der Waals surface area (Å²) in [6.07, 6.45) is 0.914. The van der Waals surface area contributed by atoms with Crippen LogP contribution in [-0.4, -0.2) is 23.1 Å². The third-order valence-electron chi connectivity index (χ3n) is 3.46. The lowest BCUT2D eigenvalue weighted by atomic mass is 10.1. The Morgan fingerprint density at radius 3 is 2.67 bits per heavy atom. The minimum atomic E-state index is -1.15. The summed E-state index contributed by atoms with van der Waals surface area (Å²) in [5, 5.41) is 11.8. The second-order valence-corrected chi connectivity index (χ2v) is 5.73. The quantitative estimate of drug-likeness (QED) is 0.808. The zero-order chi connectivity index (χ0) is 17.7. The molecule has 0 saturated carbocycles. The van der Waals surface area contributed by atoms with Crippen LogP contribution in [0, 0.1) is 0 Å². The molecular weight excluding hydrogens is 330 g/mol. The summed E-state index contributed by atoms with van der Waals surface area (Å²) in [4.78, 5) is 23.4. The van der Waals surface area contributed by atoms with Crippen LogP contribution in [0.25, 0.3) is 0 Å². The molecule has 0 unspecified atom stereocenters. The van der Waals surface area contributed by atoms with Crippen LogP contribution in [-0.2, 0) is 0 Å². The van der Waals surface area contributed by atoms with E-state index in [1.807, 2.05) is 13.8 Å². The molecule has 2 N–H and O–H groups in total. The van der Waals surface area contributed by atoms with Gasteiger partial charge in [-0.3, -0.25) is 4.79 Å². The van der Waals surface area contributed by atoms with Gasteiger partial charge in [0.2, 0.25) is 0 Å². The molecule has 2 aromatic rings. The third-order valence-corrected chi connectivity index (χ3v) is 3.79. The molecule has 0 aliphatic heterocycles. The Balaban J connectivity index is 2.17. The number of aromatic carboxylic acids is 1. The van der Waals surface area contributed by atoms with Crippen LogP contribution in [0.4, 0.5) is 5.69 Å². The van der Waals surface area contributed by atoms with Gasteiger partial charge in [-0.05, 0) is 49.7 Å². The van der Waals surface area contributed by atoms with Crippen molar-refractivity contribution >= 4 is 29.2 Å². The van der Waals surface area contributed by atoms with E-state index in [2.05, 4.69) is 5.32 Å². The van der Waals surface area contributed by atoms with Gasteiger partial charge in [0.15, 0.2) is 0 Å². The SMILES string of the molecule is CC[C@@H](C)Oc1cccc(C(=O)Nc2ccc(Cl)c(C(=O)O)c2)c1. The Kier molecular flexibility index (Phi) is 5.82. The summed E-state index contributed by atoms with van der Waals surface area (Å²) >= 11 is 5.82. The Hall–Kier alpha value is -2.53. The third kappa shape index (κ3) is 4.49. The smallest absolute Gasteiger partial charge is 0.337 e. The summed E-state index contributed by atoms with van der Waals surface area (Å²) in [5.41, 5.74) is 0.709. The Morgan fingerprint density at radius 1 is 1.25 bits per heavy atom. The normalized spacial score (nSPS) is 11.6. The van der Waals surface area contributed by atoms with E-state index in [-0.39, 0.29) is 22.6 Å². The van der Waals surface area contributed by atoms with Crippen LogP contribution >= 0.6 is 11.6 Å². The molecule has 24 heavy (non-hydrogen) atoms. The first kappa shape index (κ1) is 17.8. The minimum absolute atomic E-state index is 0.0534. The first-order valence-electron chi connectivity index (χ1n) is 7.51. The van der Waals surface area contributed by atoms with Crippen molar-refractivity contribution in [2.45, 2.75) is 26.4 Å². The van der Waals surface area contributed by atoms with E-state index in [0.29, 0.717) is 17.0 Å². The van der Waals surface area contributed by atoms with Gasteiger partial charge in [-0.25, -0.2) is 4.79 Å². The van der Waals surface area contributed by atoms with E-state index in [1.165, 1.54) is 12.1 Å². The number of amides is 1. The average Bonchev–Trinajstić information content (AvgIpc) is 2.56. The Morgan fingerprint density at radius 2 is 2.00 bits per heavy atom. The number of rotatable bonds is 6. The topological polar surface area (TPSA) is 75.6 Å².